The maximum absolute atomic E-state index is 9.28. The molecule has 0 atom stereocenters. The Balaban J connectivity index is 1.51. The number of β-amino-alcohol motifs (C(OH)–C–C–N with tert-alkyl or cyclic N) is 1. The highest BCUT2D eigenvalue weighted by Gasteiger charge is 2.51. The normalized spacial score (nSPS) is 24.0. The molecule has 0 aliphatic carbocycles. The lowest BCUT2D eigenvalue weighted by Crippen LogP contribution is -2.50. The molecule has 0 unspecified atom stereocenters. The maximum atomic E-state index is 9.28. The quantitative estimate of drug-likeness (QED) is 0.838. The van der Waals surface area contributed by atoms with Crippen molar-refractivity contribution in [3.8, 4) is 0 Å². The summed E-state index contributed by atoms with van der Waals surface area (Å²) in [5, 5.41) is 9.28. The number of rotatable bonds is 5. The van der Waals surface area contributed by atoms with Gasteiger partial charge in [0.25, 0.3) is 0 Å². The fraction of sp³-hybridized carbons (Fsp3) is 0.667. The van der Waals surface area contributed by atoms with E-state index in [4.69, 9.17) is 9.31 Å². The molecule has 4 nitrogen and oxygen atoms in total. The Hall–Kier alpha value is -0.875. The van der Waals surface area contributed by atoms with Crippen LogP contribution in [0.25, 0.3) is 0 Å². The van der Waals surface area contributed by atoms with E-state index in [1.165, 1.54) is 5.56 Å². The predicted octanol–water partition coefficient (Wildman–Crippen LogP) is 1.59. The molecule has 0 radical (unpaired) electrons. The highest BCUT2D eigenvalue weighted by atomic mass is 16.7. The van der Waals surface area contributed by atoms with Gasteiger partial charge in [-0.1, -0.05) is 24.3 Å². The first-order valence-electron chi connectivity index (χ1n) is 8.62. The number of hydrogen-bond acceptors (Lipinski definition) is 4. The zero-order valence-corrected chi connectivity index (χ0v) is 14.7. The number of aliphatic hydroxyl groups is 1. The molecule has 1 aromatic carbocycles. The van der Waals surface area contributed by atoms with Gasteiger partial charge < -0.3 is 14.4 Å². The molecule has 0 amide bonds. The lowest BCUT2D eigenvalue weighted by molar-refractivity contribution is 0.00188. The van der Waals surface area contributed by atoms with Gasteiger partial charge >= 0.3 is 7.12 Å². The second-order valence-electron chi connectivity index (χ2n) is 7.85. The summed E-state index contributed by atoms with van der Waals surface area (Å²) in [5.41, 5.74) is 1.83. The van der Waals surface area contributed by atoms with Gasteiger partial charge in [-0.25, -0.2) is 0 Å². The fourth-order valence-electron chi connectivity index (χ4n) is 3.05. The first-order chi connectivity index (χ1) is 10.8. The van der Waals surface area contributed by atoms with Gasteiger partial charge in [-0.05, 0) is 58.1 Å². The third-order valence-corrected chi connectivity index (χ3v) is 5.38. The summed E-state index contributed by atoms with van der Waals surface area (Å²) in [6, 6.07) is 8.58. The third-order valence-electron chi connectivity index (χ3n) is 5.38. The topological polar surface area (TPSA) is 41.9 Å². The Bertz CT molecular complexity index is 522. The molecule has 2 fully saturated rings. The molecular formula is C18H28BNO3. The van der Waals surface area contributed by atoms with E-state index >= 15 is 0 Å². The van der Waals surface area contributed by atoms with Crippen molar-refractivity contribution in [2.45, 2.75) is 57.8 Å². The van der Waals surface area contributed by atoms with Crippen molar-refractivity contribution >= 4 is 12.6 Å². The maximum Gasteiger partial charge on any atom is 0.494 e. The average Bonchev–Trinajstić information content (AvgIpc) is 2.66. The SMILES string of the molecule is CC1(C)OB(c2ccc(CCCN3CC(O)C3)cc2)OC1(C)C. The minimum Gasteiger partial charge on any atom is -0.399 e. The Morgan fingerprint density at radius 3 is 2.17 bits per heavy atom. The van der Waals surface area contributed by atoms with Crippen LogP contribution in [0.5, 0.6) is 0 Å². The molecule has 23 heavy (non-hydrogen) atoms. The van der Waals surface area contributed by atoms with Crippen LogP contribution < -0.4 is 5.46 Å². The van der Waals surface area contributed by atoms with Crippen LogP contribution in [-0.4, -0.2) is 54.1 Å². The predicted molar refractivity (Wildman–Crippen MR) is 92.9 cm³/mol. The van der Waals surface area contributed by atoms with E-state index in [0.29, 0.717) is 0 Å². The molecule has 2 saturated heterocycles. The minimum absolute atomic E-state index is 0.103. The molecule has 2 aliphatic heterocycles. The summed E-state index contributed by atoms with van der Waals surface area (Å²) < 4.78 is 12.2. The Labute approximate surface area is 139 Å². The molecule has 0 aromatic heterocycles. The number of hydrogen-bond donors (Lipinski definition) is 1. The van der Waals surface area contributed by atoms with E-state index in [0.717, 1.165) is 37.9 Å². The lowest BCUT2D eigenvalue weighted by atomic mass is 9.78. The molecule has 3 rings (SSSR count). The van der Waals surface area contributed by atoms with Crippen LogP contribution in [0, 0.1) is 0 Å². The van der Waals surface area contributed by atoms with Crippen molar-refractivity contribution in [2.75, 3.05) is 19.6 Å². The van der Waals surface area contributed by atoms with Gasteiger partial charge in [0, 0.05) is 13.1 Å². The summed E-state index contributed by atoms with van der Waals surface area (Å²) in [5.74, 6) is 0. The number of aliphatic hydroxyl groups excluding tert-OH is 1. The van der Waals surface area contributed by atoms with Gasteiger partial charge in [0.15, 0.2) is 0 Å². The van der Waals surface area contributed by atoms with Gasteiger partial charge in [-0.3, -0.25) is 4.90 Å². The first kappa shape index (κ1) is 17.0. The molecule has 0 bridgehead atoms. The van der Waals surface area contributed by atoms with E-state index in [2.05, 4.69) is 56.9 Å². The minimum atomic E-state index is -0.294. The summed E-state index contributed by atoms with van der Waals surface area (Å²) in [4.78, 5) is 2.30. The fourth-order valence-corrected chi connectivity index (χ4v) is 3.05. The zero-order valence-electron chi connectivity index (χ0n) is 14.7. The number of nitrogens with zero attached hydrogens (tertiary/aromatic N) is 1. The molecule has 5 heteroatoms. The second kappa shape index (κ2) is 6.21. The lowest BCUT2D eigenvalue weighted by Gasteiger charge is -2.35. The zero-order chi connectivity index (χ0) is 16.7. The van der Waals surface area contributed by atoms with E-state index < -0.39 is 0 Å². The van der Waals surface area contributed by atoms with Crippen molar-refractivity contribution in [1.82, 2.24) is 4.90 Å². The molecule has 2 heterocycles. The molecule has 126 valence electrons. The van der Waals surface area contributed by atoms with Crippen molar-refractivity contribution in [3.63, 3.8) is 0 Å². The monoisotopic (exact) mass is 317 g/mol. The van der Waals surface area contributed by atoms with Crippen molar-refractivity contribution in [2.24, 2.45) is 0 Å². The van der Waals surface area contributed by atoms with Crippen LogP contribution in [0.2, 0.25) is 0 Å². The van der Waals surface area contributed by atoms with E-state index in [9.17, 15) is 5.11 Å². The van der Waals surface area contributed by atoms with E-state index in [1.54, 1.807) is 0 Å². The smallest absolute Gasteiger partial charge is 0.399 e. The van der Waals surface area contributed by atoms with Crippen molar-refractivity contribution < 1.29 is 14.4 Å². The van der Waals surface area contributed by atoms with Crippen LogP contribution in [0.4, 0.5) is 0 Å². The highest BCUT2D eigenvalue weighted by Crippen LogP contribution is 2.36. The standard InChI is InChI=1S/C18H28BNO3/c1-17(2)18(3,4)23-19(22-17)15-9-7-14(8-10-15)6-5-11-20-12-16(21)13-20/h7-10,16,21H,5-6,11-13H2,1-4H3. The van der Waals surface area contributed by atoms with Gasteiger partial charge in [0.1, 0.15) is 0 Å². The summed E-state index contributed by atoms with van der Waals surface area (Å²) in [6.45, 7) is 11.0. The Kier molecular flexibility index (Phi) is 4.58. The number of aryl methyl sites for hydroxylation is 1. The van der Waals surface area contributed by atoms with Crippen LogP contribution >= 0.6 is 0 Å². The Morgan fingerprint density at radius 1 is 1.09 bits per heavy atom. The van der Waals surface area contributed by atoms with Gasteiger partial charge in [-0.2, -0.15) is 0 Å². The summed E-state index contributed by atoms with van der Waals surface area (Å²) in [6.07, 6.45) is 2.09. The van der Waals surface area contributed by atoms with Crippen molar-refractivity contribution in [3.05, 3.63) is 29.8 Å². The summed E-state index contributed by atoms with van der Waals surface area (Å²) in [7, 11) is -0.281. The summed E-state index contributed by atoms with van der Waals surface area (Å²) >= 11 is 0. The highest BCUT2D eigenvalue weighted by molar-refractivity contribution is 6.62. The largest absolute Gasteiger partial charge is 0.494 e. The van der Waals surface area contributed by atoms with Crippen LogP contribution in [-0.2, 0) is 15.7 Å². The van der Waals surface area contributed by atoms with Crippen molar-refractivity contribution in [1.29, 1.82) is 0 Å². The Morgan fingerprint density at radius 2 is 1.65 bits per heavy atom. The van der Waals surface area contributed by atoms with E-state index in [-0.39, 0.29) is 24.4 Å². The van der Waals surface area contributed by atoms with Gasteiger partial charge in [0.05, 0.1) is 17.3 Å². The van der Waals surface area contributed by atoms with E-state index in [1.807, 2.05) is 0 Å². The van der Waals surface area contributed by atoms with Gasteiger partial charge in [-0.15, -0.1) is 0 Å². The van der Waals surface area contributed by atoms with Crippen LogP contribution in [0.3, 0.4) is 0 Å². The average molecular weight is 317 g/mol. The molecule has 2 aliphatic rings. The first-order valence-corrected chi connectivity index (χ1v) is 8.62. The van der Waals surface area contributed by atoms with Gasteiger partial charge in [0.2, 0.25) is 0 Å². The number of likely N-dealkylation sites (tertiary alicyclic amines) is 1. The molecular weight excluding hydrogens is 289 g/mol. The molecule has 0 saturated carbocycles. The molecule has 1 aromatic rings. The number of benzene rings is 1. The third kappa shape index (κ3) is 3.63. The van der Waals surface area contributed by atoms with Crippen LogP contribution in [0.1, 0.15) is 39.7 Å². The molecule has 0 spiro atoms. The molecule has 1 N–H and O–H groups in total. The second-order valence-corrected chi connectivity index (χ2v) is 7.85. The van der Waals surface area contributed by atoms with Crippen LogP contribution in [0.15, 0.2) is 24.3 Å².